The molecule has 0 saturated heterocycles. The van der Waals surface area contributed by atoms with Gasteiger partial charge in [-0.2, -0.15) is 13.2 Å². The third-order valence-electron chi connectivity index (χ3n) is 5.66. The lowest BCUT2D eigenvalue weighted by atomic mass is 9.89. The number of alkyl halides is 3. The maximum Gasteiger partial charge on any atom is 0.416 e. The number of ether oxygens (including phenoxy) is 3. The van der Waals surface area contributed by atoms with Crippen molar-refractivity contribution >= 4 is 22.4 Å². The summed E-state index contributed by atoms with van der Waals surface area (Å²) in [6.07, 6.45) is -3.50. The van der Waals surface area contributed by atoms with Crippen LogP contribution in [0.4, 0.5) is 18.3 Å². The molecule has 1 aromatic carbocycles. The van der Waals surface area contributed by atoms with Gasteiger partial charge in [0.15, 0.2) is 5.13 Å². The number of halogens is 3. The van der Waals surface area contributed by atoms with Crippen LogP contribution < -0.4 is 19.5 Å². The monoisotopic (exact) mass is 494 g/mol. The molecule has 2 aromatic heterocycles. The first-order chi connectivity index (χ1) is 16.2. The Morgan fingerprint density at radius 2 is 1.88 bits per heavy atom. The molecule has 0 spiro atoms. The molecular formula is C22H21F3N4O4S. The van der Waals surface area contributed by atoms with Gasteiger partial charge in [0.1, 0.15) is 16.9 Å². The summed E-state index contributed by atoms with van der Waals surface area (Å²) in [6, 6.07) is 4.72. The van der Waals surface area contributed by atoms with E-state index in [0.717, 1.165) is 17.0 Å². The number of carbonyl (C=O) groups excluding carboxylic acids is 1. The molecule has 0 aliphatic carbocycles. The number of fused-ring (bicyclic) bond motifs is 3. The number of nitrogens with one attached hydrogen (secondary N) is 1. The summed E-state index contributed by atoms with van der Waals surface area (Å²) in [4.78, 5) is 18.3. The Balaban J connectivity index is 1.76. The Labute approximate surface area is 197 Å². The van der Waals surface area contributed by atoms with E-state index in [1.54, 1.807) is 0 Å². The van der Waals surface area contributed by atoms with Gasteiger partial charge in [0.05, 0.1) is 30.4 Å². The van der Waals surface area contributed by atoms with Crippen molar-refractivity contribution in [2.45, 2.75) is 38.5 Å². The summed E-state index contributed by atoms with van der Waals surface area (Å²) in [5, 5.41) is 10.6. The number of carbonyl (C=O) groups is 1. The summed E-state index contributed by atoms with van der Waals surface area (Å²) in [6.45, 7) is 3.78. The van der Waals surface area contributed by atoms with Crippen LogP contribution in [0.2, 0.25) is 0 Å². The zero-order valence-electron chi connectivity index (χ0n) is 18.7. The molecule has 0 fully saturated rings. The van der Waals surface area contributed by atoms with Gasteiger partial charge >= 0.3 is 6.18 Å². The van der Waals surface area contributed by atoms with Gasteiger partial charge < -0.3 is 14.2 Å². The van der Waals surface area contributed by atoms with Gasteiger partial charge in [0, 0.05) is 11.6 Å². The minimum atomic E-state index is -4.50. The Bertz CT molecular complexity index is 1240. The first-order valence-electron chi connectivity index (χ1n) is 10.3. The number of amides is 1. The fourth-order valence-electron chi connectivity index (χ4n) is 3.76. The van der Waals surface area contributed by atoms with E-state index in [4.69, 9.17) is 14.2 Å². The number of methoxy groups -OCH3 is 2. The molecule has 1 N–H and O–H groups in total. The lowest BCUT2D eigenvalue weighted by Gasteiger charge is -2.36. The molecule has 1 aliphatic rings. The Morgan fingerprint density at radius 3 is 2.50 bits per heavy atom. The third kappa shape index (κ3) is 4.02. The fraction of sp³-hybridized carbons (Fsp3) is 0.364. The Morgan fingerprint density at radius 1 is 1.15 bits per heavy atom. The molecule has 0 radical (unpaired) electrons. The first kappa shape index (κ1) is 23.7. The first-order valence-corrected chi connectivity index (χ1v) is 11.2. The van der Waals surface area contributed by atoms with Gasteiger partial charge in [-0.25, -0.2) is 4.98 Å². The topological polar surface area (TPSA) is 95.5 Å². The lowest BCUT2D eigenvalue weighted by Crippen LogP contribution is -2.34. The smallest absolute Gasteiger partial charge is 0.416 e. The van der Waals surface area contributed by atoms with Crippen molar-refractivity contribution in [2.75, 3.05) is 19.5 Å². The molecule has 3 aromatic rings. The molecule has 0 unspecified atom stereocenters. The average Bonchev–Trinajstić information content (AvgIpc) is 3.26. The number of benzene rings is 1. The van der Waals surface area contributed by atoms with Crippen LogP contribution in [0.15, 0.2) is 24.3 Å². The summed E-state index contributed by atoms with van der Waals surface area (Å²) in [7, 11) is 2.75. The van der Waals surface area contributed by atoms with Crippen LogP contribution in [-0.4, -0.2) is 35.3 Å². The molecular weight excluding hydrogens is 473 g/mol. The standard InChI is InChI=1S/C22H21F3N4O4S/c1-5-21(6-2)17-16(12-8-7-11(22(23,24)25)9-14(12)33-21)26-20(34-17)27-18(30)13-10-15(31-3)28-29-19(13)32-4/h7-10H,5-6H2,1-4H3,(H,26,27,30). The second-order valence-electron chi connectivity index (χ2n) is 7.47. The normalized spacial score (nSPS) is 14.0. The van der Waals surface area contributed by atoms with E-state index in [9.17, 15) is 18.0 Å². The third-order valence-corrected chi connectivity index (χ3v) is 6.81. The number of aromatic nitrogens is 3. The molecule has 12 heteroatoms. The van der Waals surface area contributed by atoms with Gasteiger partial charge in [0.2, 0.25) is 11.8 Å². The molecule has 180 valence electrons. The predicted molar refractivity (Wildman–Crippen MR) is 119 cm³/mol. The molecule has 1 amide bonds. The molecule has 4 rings (SSSR count). The SMILES string of the molecule is CCC1(CC)Oc2cc(C(F)(F)F)ccc2-c2nc(NC(=O)c3cc(OC)nnc3OC)sc21. The molecule has 0 saturated carbocycles. The quantitative estimate of drug-likeness (QED) is 0.497. The molecule has 0 atom stereocenters. The number of rotatable bonds is 6. The molecule has 3 heterocycles. The Hall–Kier alpha value is -3.41. The minimum absolute atomic E-state index is 0.00411. The van der Waals surface area contributed by atoms with E-state index in [1.807, 2.05) is 13.8 Å². The van der Waals surface area contributed by atoms with Crippen LogP contribution >= 0.6 is 11.3 Å². The lowest BCUT2D eigenvalue weighted by molar-refractivity contribution is -0.137. The van der Waals surface area contributed by atoms with Gasteiger partial charge in [-0.3, -0.25) is 10.1 Å². The predicted octanol–water partition coefficient (Wildman–Crippen LogP) is 5.30. The fourth-order valence-corrected chi connectivity index (χ4v) is 5.00. The van der Waals surface area contributed by atoms with E-state index >= 15 is 0 Å². The van der Waals surface area contributed by atoms with Gasteiger partial charge in [-0.1, -0.05) is 25.2 Å². The maximum atomic E-state index is 13.3. The van der Waals surface area contributed by atoms with Crippen LogP contribution in [0, 0.1) is 0 Å². The van der Waals surface area contributed by atoms with Crippen LogP contribution in [0.3, 0.4) is 0 Å². The van der Waals surface area contributed by atoms with Crippen LogP contribution in [-0.2, 0) is 11.8 Å². The zero-order valence-corrected chi connectivity index (χ0v) is 19.6. The van der Waals surface area contributed by atoms with Crippen molar-refractivity contribution < 1.29 is 32.2 Å². The van der Waals surface area contributed by atoms with Crippen LogP contribution in [0.5, 0.6) is 17.5 Å². The van der Waals surface area contributed by atoms with Crippen molar-refractivity contribution in [2.24, 2.45) is 0 Å². The summed E-state index contributed by atoms with van der Waals surface area (Å²) >= 11 is 1.21. The highest BCUT2D eigenvalue weighted by Gasteiger charge is 2.42. The number of thiazole rings is 1. The average molecular weight is 494 g/mol. The second kappa shape index (κ2) is 8.75. The van der Waals surface area contributed by atoms with Crippen molar-refractivity contribution in [1.29, 1.82) is 0 Å². The molecule has 8 nitrogen and oxygen atoms in total. The maximum absolute atomic E-state index is 13.3. The molecule has 34 heavy (non-hydrogen) atoms. The van der Waals surface area contributed by atoms with E-state index in [-0.39, 0.29) is 28.2 Å². The number of hydrogen-bond acceptors (Lipinski definition) is 8. The van der Waals surface area contributed by atoms with Crippen molar-refractivity contribution in [1.82, 2.24) is 15.2 Å². The van der Waals surface area contributed by atoms with Crippen LogP contribution in [0.1, 0.15) is 47.5 Å². The van der Waals surface area contributed by atoms with E-state index in [2.05, 4.69) is 20.5 Å². The van der Waals surface area contributed by atoms with Gasteiger partial charge in [0.25, 0.3) is 5.91 Å². The largest absolute Gasteiger partial charge is 0.481 e. The van der Waals surface area contributed by atoms with Crippen LogP contribution in [0.25, 0.3) is 11.3 Å². The summed E-state index contributed by atoms with van der Waals surface area (Å²) < 4.78 is 56.2. The Kier molecular flexibility index (Phi) is 6.11. The second-order valence-corrected chi connectivity index (χ2v) is 8.47. The highest BCUT2D eigenvalue weighted by molar-refractivity contribution is 7.16. The number of nitrogens with zero attached hydrogens (tertiary/aromatic N) is 3. The number of anilines is 1. The highest BCUT2D eigenvalue weighted by Crippen LogP contribution is 2.52. The highest BCUT2D eigenvalue weighted by atomic mass is 32.1. The summed E-state index contributed by atoms with van der Waals surface area (Å²) in [5.74, 6) is -0.310. The van der Waals surface area contributed by atoms with E-state index < -0.39 is 23.2 Å². The molecule has 1 aliphatic heterocycles. The minimum Gasteiger partial charge on any atom is -0.481 e. The van der Waals surface area contributed by atoms with E-state index in [1.165, 1.54) is 37.7 Å². The van der Waals surface area contributed by atoms with Gasteiger partial charge in [-0.15, -0.1) is 10.2 Å². The zero-order chi connectivity index (χ0) is 24.7. The summed E-state index contributed by atoms with van der Waals surface area (Å²) in [5.41, 5.74) is -0.665. The van der Waals surface area contributed by atoms with E-state index in [0.29, 0.717) is 24.1 Å². The molecule has 0 bridgehead atoms. The van der Waals surface area contributed by atoms with Crippen molar-refractivity contribution in [3.63, 3.8) is 0 Å². The number of hydrogen-bond donors (Lipinski definition) is 1. The van der Waals surface area contributed by atoms with Gasteiger partial charge in [-0.05, 0) is 31.0 Å². The van der Waals surface area contributed by atoms with Crippen molar-refractivity contribution in [3.05, 3.63) is 40.3 Å². The van der Waals surface area contributed by atoms with Crippen molar-refractivity contribution in [3.8, 4) is 28.8 Å².